The Morgan fingerprint density at radius 1 is 1.04 bits per heavy atom. The second-order valence-electron chi connectivity index (χ2n) is 7.49. The van der Waals surface area contributed by atoms with Gasteiger partial charge >= 0.3 is 5.97 Å². The van der Waals surface area contributed by atoms with Crippen LogP contribution in [0.3, 0.4) is 0 Å². The van der Waals surface area contributed by atoms with Crippen LogP contribution in [0.1, 0.15) is 73.5 Å². The maximum atomic E-state index is 10.8. The average molecular weight is 362 g/mol. The van der Waals surface area contributed by atoms with Crippen molar-refractivity contribution < 1.29 is 14.6 Å². The molecular weight excluding hydrogens is 336 g/mol. The number of carboxylic acids is 1. The van der Waals surface area contributed by atoms with Crippen molar-refractivity contribution in [2.45, 2.75) is 58.2 Å². The van der Waals surface area contributed by atoms with Crippen LogP contribution >= 0.6 is 0 Å². The van der Waals surface area contributed by atoms with Crippen molar-refractivity contribution in [3.8, 4) is 11.8 Å². The van der Waals surface area contributed by atoms with Crippen LogP contribution in [0.4, 0.5) is 0 Å². The molecule has 3 heteroatoms. The summed E-state index contributed by atoms with van der Waals surface area (Å²) >= 11 is 0. The van der Waals surface area contributed by atoms with Crippen molar-refractivity contribution in [2.75, 3.05) is 0 Å². The highest BCUT2D eigenvalue weighted by Crippen LogP contribution is 2.34. The average Bonchev–Trinajstić information content (AvgIpc) is 3.44. The van der Waals surface area contributed by atoms with Gasteiger partial charge in [-0.1, -0.05) is 43.9 Å². The monoisotopic (exact) mass is 362 g/mol. The molecule has 140 valence electrons. The fraction of sp³-hybridized carbons (Fsp3) is 0.375. The number of carbonyl (C=O) groups is 1. The number of hydrogen-bond acceptors (Lipinski definition) is 2. The zero-order chi connectivity index (χ0) is 19.4. The van der Waals surface area contributed by atoms with Crippen LogP contribution < -0.4 is 0 Å². The van der Waals surface area contributed by atoms with E-state index in [0.717, 1.165) is 16.7 Å². The Morgan fingerprint density at radius 2 is 1.67 bits per heavy atom. The predicted octanol–water partition coefficient (Wildman–Crippen LogP) is 5.08. The molecule has 0 heterocycles. The summed E-state index contributed by atoms with van der Waals surface area (Å²) in [5.41, 5.74) is 5.18. The SMILES string of the molecule is CC(C)c1cc(C#Cc2ccc(CC(=O)O)cc2)ccc1C(C)OC1CC1. The minimum atomic E-state index is -0.824. The van der Waals surface area contributed by atoms with Crippen LogP contribution in [0, 0.1) is 11.8 Å². The maximum Gasteiger partial charge on any atom is 0.307 e. The van der Waals surface area contributed by atoms with Crippen LogP contribution in [0.15, 0.2) is 42.5 Å². The van der Waals surface area contributed by atoms with Gasteiger partial charge < -0.3 is 9.84 Å². The number of aliphatic carboxylic acids is 1. The largest absolute Gasteiger partial charge is 0.481 e. The molecule has 1 fully saturated rings. The lowest BCUT2D eigenvalue weighted by molar-refractivity contribution is -0.136. The molecule has 0 aromatic heterocycles. The Labute approximate surface area is 161 Å². The molecule has 2 aromatic rings. The van der Waals surface area contributed by atoms with Crippen LogP contribution in [-0.2, 0) is 16.0 Å². The summed E-state index contributed by atoms with van der Waals surface area (Å²) in [5.74, 6) is 5.98. The maximum absolute atomic E-state index is 10.8. The molecule has 1 aliphatic carbocycles. The molecule has 0 radical (unpaired) electrons. The minimum Gasteiger partial charge on any atom is -0.481 e. The molecular formula is C24H26O3. The zero-order valence-corrected chi connectivity index (χ0v) is 16.2. The van der Waals surface area contributed by atoms with E-state index in [1.165, 1.54) is 24.0 Å². The second kappa shape index (κ2) is 8.41. The van der Waals surface area contributed by atoms with Gasteiger partial charge in [-0.25, -0.2) is 0 Å². The molecule has 2 aromatic carbocycles. The number of ether oxygens (including phenoxy) is 1. The summed E-state index contributed by atoms with van der Waals surface area (Å²) in [6, 6.07) is 13.7. The highest BCUT2D eigenvalue weighted by Gasteiger charge is 2.26. The number of rotatable bonds is 6. The van der Waals surface area contributed by atoms with Crippen LogP contribution in [0.25, 0.3) is 0 Å². The Bertz CT molecular complexity index is 865. The molecule has 0 saturated heterocycles. The molecule has 0 bridgehead atoms. The summed E-state index contributed by atoms with van der Waals surface area (Å²) in [5, 5.41) is 8.84. The molecule has 1 unspecified atom stereocenters. The van der Waals surface area contributed by atoms with Gasteiger partial charge in [0.05, 0.1) is 18.6 Å². The fourth-order valence-corrected chi connectivity index (χ4v) is 3.11. The van der Waals surface area contributed by atoms with Crippen molar-refractivity contribution in [3.05, 3.63) is 70.3 Å². The van der Waals surface area contributed by atoms with E-state index in [4.69, 9.17) is 9.84 Å². The predicted molar refractivity (Wildman–Crippen MR) is 107 cm³/mol. The van der Waals surface area contributed by atoms with Gasteiger partial charge in [0.25, 0.3) is 0 Å². The Morgan fingerprint density at radius 3 is 2.26 bits per heavy atom. The lowest BCUT2D eigenvalue weighted by atomic mass is 9.92. The lowest BCUT2D eigenvalue weighted by Crippen LogP contribution is -2.06. The van der Waals surface area contributed by atoms with E-state index in [0.29, 0.717) is 12.0 Å². The van der Waals surface area contributed by atoms with E-state index in [2.05, 4.69) is 50.8 Å². The molecule has 1 atom stereocenters. The summed E-state index contributed by atoms with van der Waals surface area (Å²) in [6.07, 6.45) is 2.93. The van der Waals surface area contributed by atoms with Crippen LogP contribution in [-0.4, -0.2) is 17.2 Å². The normalized spacial score (nSPS) is 14.5. The van der Waals surface area contributed by atoms with Crippen LogP contribution in [0.5, 0.6) is 0 Å². The third-order valence-corrected chi connectivity index (χ3v) is 4.73. The number of hydrogen-bond donors (Lipinski definition) is 1. The first-order valence-electron chi connectivity index (χ1n) is 9.54. The lowest BCUT2D eigenvalue weighted by Gasteiger charge is -2.19. The Hall–Kier alpha value is -2.57. The van der Waals surface area contributed by atoms with Crippen molar-refractivity contribution in [3.63, 3.8) is 0 Å². The van der Waals surface area contributed by atoms with Crippen molar-refractivity contribution in [2.24, 2.45) is 0 Å². The zero-order valence-electron chi connectivity index (χ0n) is 16.2. The van der Waals surface area contributed by atoms with E-state index in [1.54, 1.807) is 0 Å². The van der Waals surface area contributed by atoms with Gasteiger partial charge in [-0.15, -0.1) is 0 Å². The van der Waals surface area contributed by atoms with E-state index < -0.39 is 5.97 Å². The van der Waals surface area contributed by atoms with Gasteiger partial charge in [-0.2, -0.15) is 0 Å². The van der Waals surface area contributed by atoms with Crippen LogP contribution in [0.2, 0.25) is 0 Å². The van der Waals surface area contributed by atoms with E-state index in [1.807, 2.05) is 24.3 Å². The molecule has 3 nitrogen and oxygen atoms in total. The first kappa shape index (κ1) is 19.2. The summed E-state index contributed by atoms with van der Waals surface area (Å²) in [4.78, 5) is 10.8. The Kier molecular flexibility index (Phi) is 5.98. The van der Waals surface area contributed by atoms with Crippen molar-refractivity contribution in [1.82, 2.24) is 0 Å². The van der Waals surface area contributed by atoms with Gasteiger partial charge in [-0.05, 0) is 66.6 Å². The second-order valence-corrected chi connectivity index (χ2v) is 7.49. The van der Waals surface area contributed by atoms with Gasteiger partial charge in [0.2, 0.25) is 0 Å². The molecule has 1 saturated carbocycles. The van der Waals surface area contributed by atoms with Gasteiger partial charge in [0.1, 0.15) is 0 Å². The standard InChI is InChI=1S/C24H26O3/c1-16(2)23-14-19(10-13-22(23)17(3)27-21-11-12-21)7-4-18-5-8-20(9-6-18)15-24(25)26/h5-6,8-10,13-14,16-17,21H,11-12,15H2,1-3H3,(H,25,26). The molecule has 0 spiro atoms. The van der Waals surface area contributed by atoms with E-state index >= 15 is 0 Å². The third-order valence-electron chi connectivity index (χ3n) is 4.73. The minimum absolute atomic E-state index is 0.0357. The Balaban J connectivity index is 1.78. The van der Waals surface area contributed by atoms with Gasteiger partial charge in [0, 0.05) is 11.1 Å². The van der Waals surface area contributed by atoms with E-state index in [9.17, 15) is 4.79 Å². The smallest absolute Gasteiger partial charge is 0.307 e. The summed E-state index contributed by atoms with van der Waals surface area (Å²) in [6.45, 7) is 6.52. The first-order valence-corrected chi connectivity index (χ1v) is 9.54. The topological polar surface area (TPSA) is 46.5 Å². The molecule has 0 amide bonds. The van der Waals surface area contributed by atoms with Gasteiger partial charge in [0.15, 0.2) is 0 Å². The summed E-state index contributed by atoms with van der Waals surface area (Å²) < 4.78 is 6.07. The van der Waals surface area contributed by atoms with Gasteiger partial charge in [-0.3, -0.25) is 4.79 Å². The molecule has 0 aliphatic heterocycles. The fourth-order valence-electron chi connectivity index (χ4n) is 3.11. The molecule has 27 heavy (non-hydrogen) atoms. The number of carboxylic acid groups (broad SMARTS) is 1. The third kappa shape index (κ3) is 5.45. The molecule has 3 rings (SSSR count). The van der Waals surface area contributed by atoms with Crippen molar-refractivity contribution >= 4 is 5.97 Å². The molecule has 1 aliphatic rings. The quantitative estimate of drug-likeness (QED) is 0.729. The summed E-state index contributed by atoms with van der Waals surface area (Å²) in [7, 11) is 0. The van der Waals surface area contributed by atoms with Crippen molar-refractivity contribution in [1.29, 1.82) is 0 Å². The van der Waals surface area contributed by atoms with E-state index in [-0.39, 0.29) is 12.5 Å². The number of benzene rings is 2. The highest BCUT2D eigenvalue weighted by molar-refractivity contribution is 5.70. The first-order chi connectivity index (χ1) is 12.9. The highest BCUT2D eigenvalue weighted by atomic mass is 16.5. The molecule has 1 N–H and O–H groups in total.